The molecule has 0 bridgehead atoms. The number of aromatic nitrogens is 6. The van der Waals surface area contributed by atoms with Crippen LogP contribution in [0.4, 0.5) is 5.13 Å². The van der Waals surface area contributed by atoms with E-state index in [0.717, 1.165) is 41.8 Å². The molecule has 2 aliphatic rings. The van der Waals surface area contributed by atoms with Crippen LogP contribution in [0.2, 0.25) is 0 Å². The van der Waals surface area contributed by atoms with Crippen molar-refractivity contribution in [1.29, 1.82) is 0 Å². The largest absolute Gasteiger partial charge is 0.346 e. The second-order valence-corrected chi connectivity index (χ2v) is 7.85. The van der Waals surface area contributed by atoms with Gasteiger partial charge >= 0.3 is 0 Å². The number of fused-ring (bicyclic) bond motifs is 1. The highest BCUT2D eigenvalue weighted by Crippen LogP contribution is 2.35. The first-order valence-corrected chi connectivity index (χ1v) is 9.65. The van der Waals surface area contributed by atoms with Crippen molar-refractivity contribution >= 4 is 21.4 Å². The molecule has 2 fully saturated rings. The second-order valence-electron chi connectivity index (χ2n) is 6.91. The average Bonchev–Trinajstić information content (AvgIpc) is 3.37. The Morgan fingerprint density at radius 1 is 1.12 bits per heavy atom. The third-order valence-electron chi connectivity index (χ3n) is 5.34. The molecule has 126 valence electrons. The molecule has 1 atom stereocenters. The summed E-state index contributed by atoms with van der Waals surface area (Å²) < 4.78 is 1.98. The minimum absolute atomic E-state index is 0.409. The number of aromatic amines is 1. The molecular weight excluding hydrogens is 322 g/mol. The normalized spacial score (nSPS) is 22.7. The Kier molecular flexibility index (Phi) is 3.50. The topological polar surface area (TPSA) is 75.0 Å². The number of imidazole rings is 1. The van der Waals surface area contributed by atoms with Crippen LogP contribution in [0.3, 0.4) is 0 Å². The van der Waals surface area contributed by atoms with Crippen LogP contribution in [0.1, 0.15) is 61.9 Å². The van der Waals surface area contributed by atoms with Crippen LogP contribution in [0.5, 0.6) is 0 Å². The molecule has 7 nitrogen and oxygen atoms in total. The van der Waals surface area contributed by atoms with E-state index in [1.165, 1.54) is 31.4 Å². The van der Waals surface area contributed by atoms with Gasteiger partial charge in [-0.05, 0) is 25.7 Å². The number of anilines is 1. The smallest absolute Gasteiger partial charge is 0.214 e. The lowest BCUT2D eigenvalue weighted by Crippen LogP contribution is -2.34. The highest BCUT2D eigenvalue weighted by atomic mass is 32.1. The zero-order chi connectivity index (χ0) is 15.9. The van der Waals surface area contributed by atoms with E-state index in [2.05, 4.69) is 26.3 Å². The van der Waals surface area contributed by atoms with E-state index in [1.807, 2.05) is 4.52 Å². The third kappa shape index (κ3) is 2.49. The molecule has 1 unspecified atom stereocenters. The minimum Gasteiger partial charge on any atom is -0.346 e. The van der Waals surface area contributed by atoms with Gasteiger partial charge in [-0.2, -0.15) is 5.10 Å². The summed E-state index contributed by atoms with van der Waals surface area (Å²) in [5.41, 5.74) is 1.23. The maximum absolute atomic E-state index is 4.84. The standard InChI is InChI=1S/C16H21N7S/c1-2-5-11(4-1)13-9-23-15(19-13)24-16(21-23)22-7-3-6-12(8-22)14-17-10-18-20-14/h9-12H,1-8H2,(H,17,18,20). The van der Waals surface area contributed by atoms with Crippen molar-refractivity contribution in [3.63, 3.8) is 0 Å². The van der Waals surface area contributed by atoms with Crippen molar-refractivity contribution in [2.75, 3.05) is 18.0 Å². The van der Waals surface area contributed by atoms with Crippen molar-refractivity contribution in [3.8, 4) is 0 Å². The number of H-pyrrole nitrogens is 1. The summed E-state index contributed by atoms with van der Waals surface area (Å²) in [5, 5.41) is 12.9. The zero-order valence-corrected chi connectivity index (χ0v) is 14.4. The van der Waals surface area contributed by atoms with Crippen molar-refractivity contribution in [1.82, 2.24) is 29.8 Å². The molecule has 1 aliphatic heterocycles. The zero-order valence-electron chi connectivity index (χ0n) is 13.6. The van der Waals surface area contributed by atoms with E-state index in [9.17, 15) is 0 Å². The molecule has 5 rings (SSSR count). The van der Waals surface area contributed by atoms with Gasteiger partial charge in [0.05, 0.1) is 11.9 Å². The van der Waals surface area contributed by atoms with E-state index in [-0.39, 0.29) is 0 Å². The quantitative estimate of drug-likeness (QED) is 0.791. The summed E-state index contributed by atoms with van der Waals surface area (Å²) in [7, 11) is 0. The molecule has 4 heterocycles. The third-order valence-corrected chi connectivity index (χ3v) is 6.32. The molecule has 3 aromatic heterocycles. The number of hydrogen-bond acceptors (Lipinski definition) is 6. The van der Waals surface area contributed by atoms with Gasteiger partial charge in [-0.3, -0.25) is 5.10 Å². The van der Waals surface area contributed by atoms with Gasteiger partial charge in [0.25, 0.3) is 0 Å². The number of piperidine rings is 1. The highest BCUT2D eigenvalue weighted by molar-refractivity contribution is 7.20. The van der Waals surface area contributed by atoms with Gasteiger partial charge in [-0.15, -0.1) is 5.10 Å². The van der Waals surface area contributed by atoms with Crippen molar-refractivity contribution < 1.29 is 0 Å². The van der Waals surface area contributed by atoms with Gasteiger partial charge in [0.2, 0.25) is 10.1 Å². The number of rotatable bonds is 3. The van der Waals surface area contributed by atoms with Gasteiger partial charge in [0.1, 0.15) is 12.2 Å². The van der Waals surface area contributed by atoms with E-state index in [0.29, 0.717) is 11.8 Å². The summed E-state index contributed by atoms with van der Waals surface area (Å²) in [6.45, 7) is 2.00. The molecule has 1 aliphatic carbocycles. The summed E-state index contributed by atoms with van der Waals surface area (Å²) in [4.78, 5) is 12.6. The van der Waals surface area contributed by atoms with Crippen LogP contribution >= 0.6 is 11.3 Å². The van der Waals surface area contributed by atoms with Crippen molar-refractivity contribution in [2.45, 2.75) is 50.4 Å². The average molecular weight is 343 g/mol. The summed E-state index contributed by atoms with van der Waals surface area (Å²) in [6.07, 6.45) is 11.3. The molecule has 8 heteroatoms. The molecule has 1 saturated carbocycles. The number of hydrogen-bond donors (Lipinski definition) is 1. The first-order chi connectivity index (χ1) is 11.9. The minimum atomic E-state index is 0.409. The molecular formula is C16H21N7S. The highest BCUT2D eigenvalue weighted by Gasteiger charge is 2.26. The Labute approximate surface area is 144 Å². The first kappa shape index (κ1) is 14.4. The van der Waals surface area contributed by atoms with E-state index >= 15 is 0 Å². The summed E-state index contributed by atoms with van der Waals surface area (Å²) in [5.74, 6) is 2.05. The Morgan fingerprint density at radius 2 is 2.00 bits per heavy atom. The predicted octanol–water partition coefficient (Wildman–Crippen LogP) is 2.95. The fraction of sp³-hybridized carbons (Fsp3) is 0.625. The van der Waals surface area contributed by atoms with Gasteiger partial charge < -0.3 is 4.90 Å². The van der Waals surface area contributed by atoms with Gasteiger partial charge in [0.15, 0.2) is 0 Å². The van der Waals surface area contributed by atoms with Gasteiger partial charge in [-0.25, -0.2) is 14.5 Å². The number of nitrogens with one attached hydrogen (secondary N) is 1. The van der Waals surface area contributed by atoms with E-state index < -0.39 is 0 Å². The predicted molar refractivity (Wildman–Crippen MR) is 92.6 cm³/mol. The summed E-state index contributed by atoms with van der Waals surface area (Å²) in [6, 6.07) is 0. The second kappa shape index (κ2) is 5.84. The maximum Gasteiger partial charge on any atom is 0.214 e. The molecule has 3 aromatic rings. The van der Waals surface area contributed by atoms with Crippen LogP contribution in [-0.4, -0.2) is 42.9 Å². The van der Waals surface area contributed by atoms with Crippen LogP contribution in [-0.2, 0) is 0 Å². The molecule has 1 N–H and O–H groups in total. The monoisotopic (exact) mass is 343 g/mol. The molecule has 1 saturated heterocycles. The van der Waals surface area contributed by atoms with E-state index in [1.54, 1.807) is 17.7 Å². The fourth-order valence-corrected chi connectivity index (χ4v) is 4.96. The Morgan fingerprint density at radius 3 is 2.79 bits per heavy atom. The molecule has 0 amide bonds. The Balaban J connectivity index is 1.37. The molecule has 0 aromatic carbocycles. The fourth-order valence-electron chi connectivity index (χ4n) is 4.04. The SMILES string of the molecule is c1n[nH]c(C2CCCN(c3nn4cc(C5CCCC5)nc4s3)C2)n1. The maximum atomic E-state index is 4.84. The summed E-state index contributed by atoms with van der Waals surface area (Å²) >= 11 is 1.70. The van der Waals surface area contributed by atoms with Crippen LogP contribution < -0.4 is 4.90 Å². The lowest BCUT2D eigenvalue weighted by molar-refractivity contribution is 0.491. The Hall–Kier alpha value is -1.96. The lowest BCUT2D eigenvalue weighted by Gasteiger charge is -2.30. The molecule has 0 radical (unpaired) electrons. The van der Waals surface area contributed by atoms with Crippen LogP contribution in [0.15, 0.2) is 12.5 Å². The first-order valence-electron chi connectivity index (χ1n) is 8.83. The van der Waals surface area contributed by atoms with Crippen LogP contribution in [0, 0.1) is 0 Å². The molecule has 24 heavy (non-hydrogen) atoms. The van der Waals surface area contributed by atoms with E-state index in [4.69, 9.17) is 10.1 Å². The van der Waals surface area contributed by atoms with Crippen LogP contribution in [0.25, 0.3) is 4.96 Å². The number of nitrogens with zero attached hydrogens (tertiary/aromatic N) is 6. The van der Waals surface area contributed by atoms with Gasteiger partial charge in [0, 0.05) is 24.9 Å². The lowest BCUT2D eigenvalue weighted by atomic mass is 9.98. The Bertz CT molecular complexity index is 783. The van der Waals surface area contributed by atoms with Crippen molar-refractivity contribution in [3.05, 3.63) is 24.0 Å². The van der Waals surface area contributed by atoms with Crippen molar-refractivity contribution in [2.24, 2.45) is 0 Å². The van der Waals surface area contributed by atoms with Gasteiger partial charge in [-0.1, -0.05) is 24.2 Å². The molecule has 0 spiro atoms.